The lowest BCUT2D eigenvalue weighted by Gasteiger charge is -2.32. The highest BCUT2D eigenvalue weighted by Crippen LogP contribution is 2.44. The highest BCUT2D eigenvalue weighted by molar-refractivity contribution is 5.94. The van der Waals surface area contributed by atoms with E-state index < -0.39 is 59.9 Å². The van der Waals surface area contributed by atoms with Crippen LogP contribution in [0.5, 0.6) is 5.75 Å². The molecule has 1 N–H and O–H groups in total. The maximum Gasteiger partial charge on any atom is 0.408 e. The van der Waals surface area contributed by atoms with Gasteiger partial charge in [-0.15, -0.1) is 0 Å². The third-order valence-electron chi connectivity index (χ3n) is 4.36. The fraction of sp³-hybridized carbons (Fsp3) is 0.278. The Balaban J connectivity index is 2.17. The largest absolute Gasteiger partial charge is 0.496 e. The van der Waals surface area contributed by atoms with E-state index in [0.717, 1.165) is 12.1 Å². The predicted molar refractivity (Wildman–Crippen MR) is 87.1 cm³/mol. The van der Waals surface area contributed by atoms with Gasteiger partial charge < -0.3 is 10.1 Å². The van der Waals surface area contributed by atoms with Gasteiger partial charge in [0.15, 0.2) is 11.6 Å². The average molecular weight is 404 g/mol. The van der Waals surface area contributed by atoms with Crippen LogP contribution >= 0.6 is 0 Å². The highest BCUT2D eigenvalue weighted by atomic mass is 19.4. The molecule has 1 aliphatic rings. The fourth-order valence-electron chi connectivity index (χ4n) is 3.20. The number of ether oxygens (including phenoxy) is 1. The van der Waals surface area contributed by atoms with Crippen molar-refractivity contribution < 1.29 is 35.9 Å². The second kappa shape index (κ2) is 7.34. The van der Waals surface area contributed by atoms with Crippen molar-refractivity contribution >= 4 is 11.6 Å². The standard InChI is InChI=1S/C18H14F6N2O2/c1-28-13-4-2-3-10(19)9(13)7-26-8-14(27)25-12-6-5-11(20)16(21)15(12)17(26)18(22,23)24/h2-6,17H,7-8H2,1H3,(H,25,27). The Morgan fingerprint density at radius 2 is 1.86 bits per heavy atom. The molecular formula is C18H14F6N2O2. The summed E-state index contributed by atoms with van der Waals surface area (Å²) in [6.07, 6.45) is -5.08. The number of carbonyl (C=O) groups is 1. The quantitative estimate of drug-likeness (QED) is 0.781. The highest BCUT2D eigenvalue weighted by Gasteiger charge is 2.49. The van der Waals surface area contributed by atoms with Crippen molar-refractivity contribution in [3.8, 4) is 5.75 Å². The number of hydrogen-bond acceptors (Lipinski definition) is 3. The van der Waals surface area contributed by atoms with Crippen molar-refractivity contribution in [1.29, 1.82) is 0 Å². The van der Waals surface area contributed by atoms with Gasteiger partial charge in [-0.05, 0) is 24.3 Å². The molecule has 4 nitrogen and oxygen atoms in total. The number of fused-ring (bicyclic) bond motifs is 1. The molecule has 150 valence electrons. The Labute approximate surface area is 155 Å². The second-order valence-corrected chi connectivity index (χ2v) is 6.14. The third kappa shape index (κ3) is 3.64. The molecule has 2 aromatic carbocycles. The summed E-state index contributed by atoms with van der Waals surface area (Å²) in [6, 6.07) is 2.47. The van der Waals surface area contributed by atoms with Crippen LogP contribution in [-0.4, -0.2) is 30.6 Å². The van der Waals surface area contributed by atoms with Crippen LogP contribution in [-0.2, 0) is 11.3 Å². The van der Waals surface area contributed by atoms with Gasteiger partial charge >= 0.3 is 6.18 Å². The van der Waals surface area contributed by atoms with Crippen LogP contribution < -0.4 is 10.1 Å². The molecule has 0 saturated heterocycles. The van der Waals surface area contributed by atoms with Crippen molar-refractivity contribution in [1.82, 2.24) is 4.90 Å². The second-order valence-electron chi connectivity index (χ2n) is 6.14. The minimum absolute atomic E-state index is 0.0366. The van der Waals surface area contributed by atoms with Crippen LogP contribution in [0.1, 0.15) is 17.2 Å². The van der Waals surface area contributed by atoms with Crippen LogP contribution in [0, 0.1) is 17.5 Å². The first-order valence-electron chi connectivity index (χ1n) is 8.03. The minimum Gasteiger partial charge on any atom is -0.496 e. The van der Waals surface area contributed by atoms with E-state index in [9.17, 15) is 31.1 Å². The van der Waals surface area contributed by atoms with Crippen molar-refractivity contribution in [2.45, 2.75) is 18.8 Å². The molecule has 0 aliphatic carbocycles. The van der Waals surface area contributed by atoms with Crippen LogP contribution in [0.3, 0.4) is 0 Å². The molecule has 0 bridgehead atoms. The smallest absolute Gasteiger partial charge is 0.408 e. The van der Waals surface area contributed by atoms with Crippen molar-refractivity contribution in [2.75, 3.05) is 19.0 Å². The maximum absolute atomic E-state index is 14.4. The van der Waals surface area contributed by atoms with Crippen LogP contribution in [0.4, 0.5) is 32.0 Å². The number of benzene rings is 2. The van der Waals surface area contributed by atoms with Crippen LogP contribution in [0.25, 0.3) is 0 Å². The molecule has 0 aromatic heterocycles. The van der Waals surface area contributed by atoms with Crippen LogP contribution in [0.15, 0.2) is 30.3 Å². The number of nitrogens with one attached hydrogen (secondary N) is 1. The van der Waals surface area contributed by atoms with E-state index in [1.165, 1.54) is 19.2 Å². The molecule has 10 heteroatoms. The summed E-state index contributed by atoms with van der Waals surface area (Å²) >= 11 is 0. The fourth-order valence-corrected chi connectivity index (χ4v) is 3.20. The number of anilines is 1. The van der Waals surface area contributed by atoms with E-state index >= 15 is 0 Å². The first-order valence-corrected chi connectivity index (χ1v) is 8.03. The van der Waals surface area contributed by atoms with Gasteiger partial charge in [0.05, 0.1) is 13.7 Å². The molecule has 1 heterocycles. The summed E-state index contributed by atoms with van der Waals surface area (Å²) in [5.41, 5.74) is -1.80. The van der Waals surface area contributed by atoms with Gasteiger partial charge in [0.2, 0.25) is 5.91 Å². The number of alkyl halides is 3. The number of hydrogen-bond donors (Lipinski definition) is 1. The van der Waals surface area contributed by atoms with Gasteiger partial charge in [0.25, 0.3) is 0 Å². The summed E-state index contributed by atoms with van der Waals surface area (Å²) in [5.74, 6) is -5.00. The van der Waals surface area contributed by atoms with Crippen molar-refractivity contribution in [2.24, 2.45) is 0 Å². The molecular weight excluding hydrogens is 390 g/mol. The first-order chi connectivity index (χ1) is 13.1. The Hall–Kier alpha value is -2.75. The molecule has 1 amide bonds. The van der Waals surface area contributed by atoms with Gasteiger partial charge in [0.1, 0.15) is 17.6 Å². The number of halogens is 6. The first kappa shape index (κ1) is 20.0. The average Bonchev–Trinajstić information content (AvgIpc) is 2.75. The van der Waals surface area contributed by atoms with E-state index in [4.69, 9.17) is 4.74 Å². The number of amides is 1. The van der Waals surface area contributed by atoms with Gasteiger partial charge in [-0.1, -0.05) is 6.07 Å². The molecule has 0 spiro atoms. The SMILES string of the molecule is COc1cccc(F)c1CN1CC(=O)Nc2ccc(F)c(F)c2C1C(F)(F)F. The number of rotatable bonds is 3. The van der Waals surface area contributed by atoms with E-state index in [0.29, 0.717) is 11.0 Å². The Bertz CT molecular complexity index is 916. The summed E-state index contributed by atoms with van der Waals surface area (Å²) in [7, 11) is 1.21. The lowest BCUT2D eigenvalue weighted by Crippen LogP contribution is -2.40. The zero-order chi connectivity index (χ0) is 20.6. The third-order valence-corrected chi connectivity index (χ3v) is 4.36. The zero-order valence-electron chi connectivity index (χ0n) is 14.4. The summed E-state index contributed by atoms with van der Waals surface area (Å²) in [4.78, 5) is 12.6. The van der Waals surface area contributed by atoms with E-state index in [1.807, 2.05) is 0 Å². The summed E-state index contributed by atoms with van der Waals surface area (Å²) in [5, 5.41) is 2.14. The number of nitrogens with zero attached hydrogens (tertiary/aromatic N) is 1. The van der Waals surface area contributed by atoms with Gasteiger partial charge in [-0.2, -0.15) is 13.2 Å². The zero-order valence-corrected chi connectivity index (χ0v) is 14.4. The molecule has 0 saturated carbocycles. The molecule has 28 heavy (non-hydrogen) atoms. The van der Waals surface area contributed by atoms with Crippen LogP contribution in [0.2, 0.25) is 0 Å². The summed E-state index contributed by atoms with van der Waals surface area (Å²) < 4.78 is 88.9. The Morgan fingerprint density at radius 3 is 2.50 bits per heavy atom. The lowest BCUT2D eigenvalue weighted by atomic mass is 10.0. The number of carbonyl (C=O) groups excluding carboxylic acids is 1. The van der Waals surface area contributed by atoms with E-state index in [2.05, 4.69) is 5.32 Å². The monoisotopic (exact) mass is 404 g/mol. The maximum atomic E-state index is 14.4. The topological polar surface area (TPSA) is 41.6 Å². The molecule has 1 aliphatic heterocycles. The van der Waals surface area contributed by atoms with Gasteiger partial charge in [0, 0.05) is 23.4 Å². The number of methoxy groups -OCH3 is 1. The molecule has 1 unspecified atom stereocenters. The van der Waals surface area contributed by atoms with Gasteiger partial charge in [-0.25, -0.2) is 13.2 Å². The van der Waals surface area contributed by atoms with E-state index in [-0.39, 0.29) is 11.3 Å². The lowest BCUT2D eigenvalue weighted by molar-refractivity contribution is -0.188. The molecule has 3 rings (SSSR count). The minimum atomic E-state index is -5.08. The normalized spacial score (nSPS) is 17.7. The van der Waals surface area contributed by atoms with Gasteiger partial charge in [-0.3, -0.25) is 9.69 Å². The Kier molecular flexibility index (Phi) is 5.24. The van der Waals surface area contributed by atoms with Crippen molar-refractivity contribution in [3.63, 3.8) is 0 Å². The molecule has 0 radical (unpaired) electrons. The summed E-state index contributed by atoms with van der Waals surface area (Å²) in [6.45, 7) is -1.54. The predicted octanol–water partition coefficient (Wildman–Crippen LogP) is 4.17. The molecule has 0 fully saturated rings. The van der Waals surface area contributed by atoms with Crippen molar-refractivity contribution in [3.05, 3.63) is 58.9 Å². The van der Waals surface area contributed by atoms with E-state index in [1.54, 1.807) is 0 Å². The molecule has 1 atom stereocenters. The Morgan fingerprint density at radius 1 is 1.14 bits per heavy atom. The molecule has 2 aromatic rings.